The summed E-state index contributed by atoms with van der Waals surface area (Å²) in [5, 5.41) is 3.03. The van der Waals surface area contributed by atoms with Gasteiger partial charge in [-0.05, 0) is 50.1 Å². The highest BCUT2D eigenvalue weighted by Crippen LogP contribution is 2.35. The quantitative estimate of drug-likeness (QED) is 0.316. The van der Waals surface area contributed by atoms with Crippen LogP contribution in [-0.4, -0.2) is 43.8 Å². The molecule has 7 nitrogen and oxygen atoms in total. The van der Waals surface area contributed by atoms with Crippen molar-refractivity contribution in [1.82, 2.24) is 10.2 Å². The average Bonchev–Trinajstić information content (AvgIpc) is 3.46. The van der Waals surface area contributed by atoms with Gasteiger partial charge in [0.05, 0.1) is 20.6 Å². The number of nitrogens with zero attached hydrogens (tertiary/aromatic N) is 2. The zero-order chi connectivity index (χ0) is 28.9. The summed E-state index contributed by atoms with van der Waals surface area (Å²) < 4.78 is 43.2. The van der Waals surface area contributed by atoms with Crippen LogP contribution in [-0.2, 0) is 26.2 Å². The fourth-order valence-electron chi connectivity index (χ4n) is 4.70. The Labute approximate surface area is 243 Å². The summed E-state index contributed by atoms with van der Waals surface area (Å²) in [5.41, 5.74) is 0.190. The van der Waals surface area contributed by atoms with Crippen LogP contribution in [0.4, 0.5) is 10.1 Å². The minimum atomic E-state index is -4.30. The van der Waals surface area contributed by atoms with Crippen LogP contribution in [0.2, 0.25) is 10.0 Å². The first-order chi connectivity index (χ1) is 19.1. The van der Waals surface area contributed by atoms with Gasteiger partial charge in [0.25, 0.3) is 10.0 Å². The van der Waals surface area contributed by atoms with Crippen LogP contribution in [0.25, 0.3) is 0 Å². The fraction of sp³-hybridized carbons (Fsp3) is 0.310. The monoisotopic (exact) mass is 605 g/mol. The number of sulfonamides is 1. The van der Waals surface area contributed by atoms with Gasteiger partial charge >= 0.3 is 0 Å². The van der Waals surface area contributed by atoms with E-state index in [0.717, 1.165) is 30.0 Å². The summed E-state index contributed by atoms with van der Waals surface area (Å²) in [4.78, 5) is 28.3. The topological polar surface area (TPSA) is 86.8 Å². The zero-order valence-corrected chi connectivity index (χ0v) is 24.2. The van der Waals surface area contributed by atoms with Crippen LogP contribution >= 0.6 is 23.2 Å². The standard InChI is InChI=1S/C29H30Cl2FN3O4S/c1-20(29(37)33-22-11-6-7-12-22)34(18-21-10-5-8-16-25(21)32)27(36)19-35(26-17-9-15-24(30)28(26)31)40(38,39)23-13-3-2-4-14-23/h2-5,8-10,13-17,20,22H,6-7,11-12,18-19H2,1H3,(H,33,37)/t20-/m0/s1. The SMILES string of the molecule is C[C@@H](C(=O)NC1CCCC1)N(Cc1ccccc1F)C(=O)CN(c1cccc(Cl)c1Cl)S(=O)(=O)c1ccccc1. The molecule has 1 fully saturated rings. The van der Waals surface area contributed by atoms with Crippen molar-refractivity contribution in [2.24, 2.45) is 0 Å². The van der Waals surface area contributed by atoms with Crippen LogP contribution in [0.15, 0.2) is 77.7 Å². The van der Waals surface area contributed by atoms with Gasteiger partial charge in [0.1, 0.15) is 18.4 Å². The van der Waals surface area contributed by atoms with Gasteiger partial charge in [0.2, 0.25) is 11.8 Å². The molecule has 0 saturated heterocycles. The highest BCUT2D eigenvalue weighted by molar-refractivity contribution is 7.92. The molecule has 0 heterocycles. The van der Waals surface area contributed by atoms with Crippen molar-refractivity contribution in [1.29, 1.82) is 0 Å². The lowest BCUT2D eigenvalue weighted by Gasteiger charge is -2.32. The normalized spacial score (nSPS) is 14.5. The first-order valence-electron chi connectivity index (χ1n) is 12.9. The largest absolute Gasteiger partial charge is 0.352 e. The Morgan fingerprint density at radius 1 is 0.975 bits per heavy atom. The second kappa shape index (κ2) is 13.0. The molecule has 1 saturated carbocycles. The number of benzene rings is 3. The first kappa shape index (κ1) is 29.8. The van der Waals surface area contributed by atoms with Gasteiger partial charge in [0.15, 0.2) is 0 Å². The second-order valence-corrected chi connectivity index (χ2v) is 12.3. The van der Waals surface area contributed by atoms with Gasteiger partial charge in [-0.2, -0.15) is 0 Å². The molecule has 0 spiro atoms. The van der Waals surface area contributed by atoms with Gasteiger partial charge in [-0.15, -0.1) is 0 Å². The molecule has 40 heavy (non-hydrogen) atoms. The lowest BCUT2D eigenvalue weighted by Crippen LogP contribution is -2.52. The smallest absolute Gasteiger partial charge is 0.264 e. The fourth-order valence-corrected chi connectivity index (χ4v) is 6.60. The summed E-state index contributed by atoms with van der Waals surface area (Å²) in [6, 6.07) is 17.0. The summed E-state index contributed by atoms with van der Waals surface area (Å²) in [5.74, 6) is -1.65. The molecule has 3 aromatic rings. The van der Waals surface area contributed by atoms with E-state index in [4.69, 9.17) is 23.2 Å². The Morgan fingerprint density at radius 2 is 1.62 bits per heavy atom. The Hall–Kier alpha value is -3.14. The molecule has 3 aromatic carbocycles. The third-order valence-corrected chi connectivity index (χ3v) is 9.56. The summed E-state index contributed by atoms with van der Waals surface area (Å²) in [7, 11) is -4.30. The Balaban J connectivity index is 1.72. The van der Waals surface area contributed by atoms with E-state index in [2.05, 4.69) is 5.32 Å². The third-order valence-electron chi connectivity index (χ3n) is 6.98. The highest BCUT2D eigenvalue weighted by Gasteiger charge is 2.34. The van der Waals surface area contributed by atoms with Gasteiger partial charge in [-0.1, -0.05) is 78.5 Å². The van der Waals surface area contributed by atoms with Crippen LogP contribution in [0, 0.1) is 5.82 Å². The molecule has 4 rings (SSSR count). The van der Waals surface area contributed by atoms with Crippen molar-refractivity contribution in [3.05, 3.63) is 94.2 Å². The molecule has 212 valence electrons. The van der Waals surface area contributed by atoms with Crippen molar-refractivity contribution >= 4 is 50.7 Å². The van der Waals surface area contributed by atoms with Crippen molar-refractivity contribution < 1.29 is 22.4 Å². The Bertz CT molecular complexity index is 1470. The van der Waals surface area contributed by atoms with E-state index < -0.39 is 40.2 Å². The van der Waals surface area contributed by atoms with E-state index in [0.29, 0.717) is 0 Å². The number of carbonyl (C=O) groups is 2. The number of anilines is 1. The van der Waals surface area contributed by atoms with E-state index in [9.17, 15) is 22.4 Å². The van der Waals surface area contributed by atoms with Crippen LogP contribution in [0.3, 0.4) is 0 Å². The van der Waals surface area contributed by atoms with E-state index in [-0.39, 0.29) is 38.8 Å². The van der Waals surface area contributed by atoms with E-state index in [1.54, 1.807) is 31.2 Å². The maximum absolute atomic E-state index is 14.7. The molecule has 1 N–H and O–H groups in total. The van der Waals surface area contributed by atoms with E-state index in [1.807, 2.05) is 0 Å². The lowest BCUT2D eigenvalue weighted by molar-refractivity contribution is -0.139. The Morgan fingerprint density at radius 3 is 2.30 bits per heavy atom. The molecule has 0 aromatic heterocycles. The van der Waals surface area contributed by atoms with E-state index in [1.165, 1.54) is 53.4 Å². The number of halogens is 3. The maximum atomic E-state index is 14.7. The molecule has 1 aliphatic rings. The second-order valence-electron chi connectivity index (χ2n) is 9.68. The maximum Gasteiger partial charge on any atom is 0.264 e. The number of hydrogen-bond acceptors (Lipinski definition) is 4. The van der Waals surface area contributed by atoms with Crippen LogP contribution in [0.1, 0.15) is 38.2 Å². The number of nitrogens with one attached hydrogen (secondary N) is 1. The summed E-state index contributed by atoms with van der Waals surface area (Å²) in [6.45, 7) is 0.603. The zero-order valence-electron chi connectivity index (χ0n) is 21.9. The Kier molecular flexibility index (Phi) is 9.71. The molecule has 0 unspecified atom stereocenters. The molecule has 0 aliphatic heterocycles. The van der Waals surface area contributed by atoms with Gasteiger partial charge < -0.3 is 10.2 Å². The van der Waals surface area contributed by atoms with Crippen LogP contribution < -0.4 is 9.62 Å². The molecule has 2 amide bonds. The van der Waals surface area contributed by atoms with Gasteiger partial charge in [0, 0.05) is 18.2 Å². The average molecular weight is 607 g/mol. The highest BCUT2D eigenvalue weighted by atomic mass is 35.5. The predicted octanol–water partition coefficient (Wildman–Crippen LogP) is 5.80. The van der Waals surface area contributed by atoms with Crippen molar-refractivity contribution in [2.45, 2.75) is 56.1 Å². The summed E-state index contributed by atoms with van der Waals surface area (Å²) in [6.07, 6.45) is 3.69. The minimum Gasteiger partial charge on any atom is -0.352 e. The van der Waals surface area contributed by atoms with Crippen LogP contribution in [0.5, 0.6) is 0 Å². The number of amides is 2. The number of hydrogen-bond donors (Lipinski definition) is 1. The minimum absolute atomic E-state index is 0.000251. The molecule has 1 atom stereocenters. The van der Waals surface area contributed by atoms with Crippen molar-refractivity contribution in [2.75, 3.05) is 10.8 Å². The lowest BCUT2D eigenvalue weighted by atomic mass is 10.1. The number of carbonyl (C=O) groups excluding carboxylic acids is 2. The van der Waals surface area contributed by atoms with E-state index >= 15 is 0 Å². The first-order valence-corrected chi connectivity index (χ1v) is 15.1. The number of rotatable bonds is 10. The third kappa shape index (κ3) is 6.77. The predicted molar refractivity (Wildman–Crippen MR) is 154 cm³/mol. The van der Waals surface area contributed by atoms with Crippen molar-refractivity contribution in [3.8, 4) is 0 Å². The van der Waals surface area contributed by atoms with Crippen molar-refractivity contribution in [3.63, 3.8) is 0 Å². The van der Waals surface area contributed by atoms with Gasteiger partial charge in [-0.25, -0.2) is 12.8 Å². The summed E-state index contributed by atoms with van der Waals surface area (Å²) >= 11 is 12.6. The molecule has 0 bridgehead atoms. The molecule has 0 radical (unpaired) electrons. The van der Waals surface area contributed by atoms with Gasteiger partial charge in [-0.3, -0.25) is 13.9 Å². The molecular formula is C29H30Cl2FN3O4S. The molecular weight excluding hydrogens is 576 g/mol. The molecule has 1 aliphatic carbocycles. The molecule has 11 heteroatoms.